The lowest BCUT2D eigenvalue weighted by atomic mass is 10.0. The zero-order valence-corrected chi connectivity index (χ0v) is 13.1. The van der Waals surface area contributed by atoms with Gasteiger partial charge in [-0.25, -0.2) is 4.98 Å². The first-order valence-electron chi connectivity index (χ1n) is 6.51. The molecule has 0 aromatic carbocycles. The predicted octanol–water partition coefficient (Wildman–Crippen LogP) is 5.13. The largest absolute Gasteiger partial charge is 0.461 e. The Balaban J connectivity index is 2.12. The Morgan fingerprint density at radius 2 is 2.16 bits per heavy atom. The number of rotatable bonds is 2. The average Bonchev–Trinajstić information content (AvgIpc) is 3.03. The van der Waals surface area contributed by atoms with Gasteiger partial charge in [0.15, 0.2) is 11.6 Å². The zero-order chi connectivity index (χ0) is 13.4. The monoisotopic (exact) mass is 338 g/mol. The van der Waals surface area contributed by atoms with Crippen LogP contribution in [0.5, 0.6) is 0 Å². The normalized spacial score (nSPS) is 16.1. The van der Waals surface area contributed by atoms with Crippen molar-refractivity contribution in [2.75, 3.05) is 0 Å². The Labute approximate surface area is 125 Å². The Hall–Kier alpha value is -0.940. The van der Waals surface area contributed by atoms with Gasteiger partial charge in [-0.15, -0.1) is 0 Å². The van der Waals surface area contributed by atoms with Crippen LogP contribution in [0, 0.1) is 11.6 Å². The van der Waals surface area contributed by atoms with Crippen molar-refractivity contribution in [1.82, 2.24) is 9.97 Å². The third kappa shape index (κ3) is 2.41. The molecule has 0 aliphatic heterocycles. The van der Waals surface area contributed by atoms with Crippen LogP contribution in [0.15, 0.2) is 21.2 Å². The maximum Gasteiger partial charge on any atom is 0.175 e. The van der Waals surface area contributed by atoms with Crippen LogP contribution in [0.25, 0.3) is 11.6 Å². The summed E-state index contributed by atoms with van der Waals surface area (Å²) < 4.78 is 7.04. The van der Waals surface area contributed by atoms with Gasteiger partial charge in [0.05, 0.1) is 10.7 Å². The number of aromatic amines is 1. The number of nitrogens with zero attached hydrogens (tertiary/aromatic N) is 1. The summed E-state index contributed by atoms with van der Waals surface area (Å²) in [5.41, 5.74) is 2.24. The SMILES string of the molecule is Cc1ccoc1-c1nc(=S)c(Br)c(C2CCCC2)[nH]1. The van der Waals surface area contributed by atoms with Crippen LogP contribution >= 0.6 is 28.1 Å². The molecule has 3 rings (SSSR count). The van der Waals surface area contributed by atoms with Gasteiger partial charge in [0, 0.05) is 11.6 Å². The second kappa shape index (κ2) is 5.21. The molecule has 0 bridgehead atoms. The number of hydrogen-bond acceptors (Lipinski definition) is 3. The average molecular weight is 339 g/mol. The number of H-pyrrole nitrogens is 1. The first-order valence-corrected chi connectivity index (χ1v) is 7.71. The van der Waals surface area contributed by atoms with Gasteiger partial charge in [-0.2, -0.15) is 0 Å². The highest BCUT2D eigenvalue weighted by Gasteiger charge is 2.22. The molecule has 1 saturated carbocycles. The molecule has 1 N–H and O–H groups in total. The molecule has 1 aliphatic rings. The molecule has 2 aromatic heterocycles. The van der Waals surface area contributed by atoms with E-state index in [1.165, 1.54) is 31.4 Å². The summed E-state index contributed by atoms with van der Waals surface area (Å²) in [7, 11) is 0. The maximum atomic E-state index is 5.51. The third-order valence-corrected chi connectivity index (χ3v) is 5.09. The summed E-state index contributed by atoms with van der Waals surface area (Å²) in [4.78, 5) is 7.85. The summed E-state index contributed by atoms with van der Waals surface area (Å²) in [6.45, 7) is 2.01. The lowest BCUT2D eigenvalue weighted by Crippen LogP contribution is -2.02. The highest BCUT2D eigenvalue weighted by atomic mass is 79.9. The molecule has 3 nitrogen and oxygen atoms in total. The van der Waals surface area contributed by atoms with Crippen LogP contribution in [0.3, 0.4) is 0 Å². The van der Waals surface area contributed by atoms with E-state index in [1.54, 1.807) is 6.26 Å². The van der Waals surface area contributed by atoms with Crippen molar-refractivity contribution in [2.45, 2.75) is 38.5 Å². The second-order valence-corrected chi connectivity index (χ2v) is 6.21. The van der Waals surface area contributed by atoms with Gasteiger partial charge in [0.2, 0.25) is 0 Å². The highest BCUT2D eigenvalue weighted by Crippen LogP contribution is 2.37. The molecule has 2 aromatic rings. The van der Waals surface area contributed by atoms with E-state index in [9.17, 15) is 0 Å². The molecule has 100 valence electrons. The number of halogens is 1. The van der Waals surface area contributed by atoms with Gasteiger partial charge in [-0.1, -0.05) is 25.1 Å². The number of aryl methyl sites for hydroxylation is 1. The van der Waals surface area contributed by atoms with E-state index in [0.717, 1.165) is 21.6 Å². The summed E-state index contributed by atoms with van der Waals surface area (Å²) >= 11 is 8.94. The molecule has 0 saturated heterocycles. The maximum absolute atomic E-state index is 5.51. The Kier molecular flexibility index (Phi) is 3.58. The predicted molar refractivity (Wildman–Crippen MR) is 80.8 cm³/mol. The standard InChI is InChI=1S/C14H15BrN2OS/c1-8-6-7-18-12(8)13-16-11(9-4-2-3-5-9)10(15)14(19)17-13/h6-7,9H,2-5H2,1H3,(H,16,17,19). The van der Waals surface area contributed by atoms with Crippen LogP contribution in [-0.2, 0) is 0 Å². The summed E-state index contributed by atoms with van der Waals surface area (Å²) in [6, 6.07) is 1.94. The van der Waals surface area contributed by atoms with E-state index in [4.69, 9.17) is 16.6 Å². The molecule has 1 fully saturated rings. The van der Waals surface area contributed by atoms with E-state index < -0.39 is 0 Å². The van der Waals surface area contributed by atoms with Crippen LogP contribution in [0.4, 0.5) is 0 Å². The van der Waals surface area contributed by atoms with E-state index >= 15 is 0 Å². The minimum Gasteiger partial charge on any atom is -0.461 e. The molecule has 0 unspecified atom stereocenters. The van der Waals surface area contributed by atoms with Crippen molar-refractivity contribution in [1.29, 1.82) is 0 Å². The number of hydrogen-bond donors (Lipinski definition) is 1. The lowest BCUT2D eigenvalue weighted by molar-refractivity contribution is 0.573. The van der Waals surface area contributed by atoms with Crippen molar-refractivity contribution in [3.63, 3.8) is 0 Å². The number of nitrogens with one attached hydrogen (secondary N) is 1. The fourth-order valence-electron chi connectivity index (χ4n) is 2.69. The van der Waals surface area contributed by atoms with E-state index in [1.807, 2.05) is 13.0 Å². The number of furan rings is 1. The smallest absolute Gasteiger partial charge is 0.175 e. The number of aromatic nitrogens is 2. The van der Waals surface area contributed by atoms with Gasteiger partial charge >= 0.3 is 0 Å². The van der Waals surface area contributed by atoms with E-state index in [-0.39, 0.29) is 0 Å². The van der Waals surface area contributed by atoms with Crippen molar-refractivity contribution in [2.24, 2.45) is 0 Å². The minimum atomic E-state index is 0.549. The van der Waals surface area contributed by atoms with E-state index in [0.29, 0.717) is 10.6 Å². The summed E-state index contributed by atoms with van der Waals surface area (Å²) in [5, 5.41) is 0. The van der Waals surface area contributed by atoms with Crippen LogP contribution in [-0.4, -0.2) is 9.97 Å². The minimum absolute atomic E-state index is 0.549. The highest BCUT2D eigenvalue weighted by molar-refractivity contribution is 9.10. The molecule has 0 atom stereocenters. The molecule has 0 amide bonds. The fraction of sp³-hybridized carbons (Fsp3) is 0.429. The summed E-state index contributed by atoms with van der Waals surface area (Å²) in [5.74, 6) is 2.06. The molecule has 5 heteroatoms. The molecule has 1 aliphatic carbocycles. The lowest BCUT2D eigenvalue weighted by Gasteiger charge is -2.13. The van der Waals surface area contributed by atoms with Gasteiger partial charge in [-0.3, -0.25) is 0 Å². The van der Waals surface area contributed by atoms with Gasteiger partial charge < -0.3 is 9.40 Å². The van der Waals surface area contributed by atoms with Gasteiger partial charge in [-0.05, 0) is 47.3 Å². The first kappa shape index (κ1) is 13.1. The topological polar surface area (TPSA) is 41.8 Å². The van der Waals surface area contributed by atoms with Crippen LogP contribution in [0.2, 0.25) is 0 Å². The van der Waals surface area contributed by atoms with Gasteiger partial charge in [0.25, 0.3) is 0 Å². The Morgan fingerprint density at radius 1 is 1.42 bits per heavy atom. The van der Waals surface area contributed by atoms with Crippen molar-refractivity contribution in [3.8, 4) is 11.6 Å². The van der Waals surface area contributed by atoms with Crippen molar-refractivity contribution < 1.29 is 4.42 Å². The van der Waals surface area contributed by atoms with Crippen molar-refractivity contribution >= 4 is 28.1 Å². The van der Waals surface area contributed by atoms with Gasteiger partial charge in [0.1, 0.15) is 4.64 Å². The molecule has 19 heavy (non-hydrogen) atoms. The molecular weight excluding hydrogens is 324 g/mol. The third-order valence-electron chi connectivity index (χ3n) is 3.73. The van der Waals surface area contributed by atoms with Crippen molar-refractivity contribution in [3.05, 3.63) is 32.7 Å². The first-order chi connectivity index (χ1) is 9.16. The second-order valence-electron chi connectivity index (χ2n) is 5.03. The molecule has 0 radical (unpaired) electrons. The molecular formula is C14H15BrN2OS. The Bertz CT molecular complexity index is 656. The Morgan fingerprint density at radius 3 is 2.79 bits per heavy atom. The zero-order valence-electron chi connectivity index (χ0n) is 10.7. The van der Waals surface area contributed by atoms with Crippen LogP contribution in [0.1, 0.15) is 42.9 Å². The summed E-state index contributed by atoms with van der Waals surface area (Å²) in [6.07, 6.45) is 6.68. The molecule has 2 heterocycles. The van der Waals surface area contributed by atoms with E-state index in [2.05, 4.69) is 25.9 Å². The van der Waals surface area contributed by atoms with Crippen LogP contribution < -0.4 is 0 Å². The quantitative estimate of drug-likeness (QED) is 0.772. The molecule has 0 spiro atoms. The fourth-order valence-corrected chi connectivity index (χ4v) is 3.41.